The van der Waals surface area contributed by atoms with Gasteiger partial charge in [-0.1, -0.05) is 38.5 Å². The molecule has 0 atom stereocenters. The van der Waals surface area contributed by atoms with Crippen LogP contribution in [0.15, 0.2) is 0 Å². The number of nitrogens with one attached hydrogen (secondary N) is 2. The van der Waals surface area contributed by atoms with Gasteiger partial charge in [0.15, 0.2) is 0 Å². The fourth-order valence-electron chi connectivity index (χ4n) is 5.09. The Morgan fingerprint density at radius 1 is 0.966 bits per heavy atom. The van der Waals surface area contributed by atoms with Crippen LogP contribution in [-0.2, 0) is 4.79 Å². The Morgan fingerprint density at radius 3 is 2.10 bits per heavy atom. The Hall–Kier alpha value is -1.81. The zero-order valence-corrected chi connectivity index (χ0v) is 17.9. The first kappa shape index (κ1) is 21.9. The first-order valence-corrected chi connectivity index (χ1v) is 11.5. The van der Waals surface area contributed by atoms with Crippen molar-refractivity contribution in [3.8, 4) is 6.07 Å². The molecule has 1 saturated heterocycles. The van der Waals surface area contributed by atoms with Crippen molar-refractivity contribution in [3.05, 3.63) is 0 Å². The van der Waals surface area contributed by atoms with Crippen molar-refractivity contribution in [3.63, 3.8) is 0 Å². The normalized spacial score (nSPS) is 23.7. The molecule has 2 aliphatic carbocycles. The number of likely N-dealkylation sites (N-methyl/N-ethyl adjacent to an activating group) is 1. The lowest BCUT2D eigenvalue weighted by Gasteiger charge is -2.40. The highest BCUT2D eigenvalue weighted by Gasteiger charge is 2.39. The molecule has 7 nitrogen and oxygen atoms in total. The molecule has 1 aliphatic heterocycles. The molecule has 0 aromatic rings. The number of nitriles is 1. The van der Waals surface area contributed by atoms with Crippen LogP contribution in [0.25, 0.3) is 0 Å². The molecule has 3 amide bonds. The molecule has 2 saturated carbocycles. The molecule has 3 aliphatic rings. The quantitative estimate of drug-likeness (QED) is 0.739. The van der Waals surface area contributed by atoms with Crippen LogP contribution in [0, 0.1) is 11.3 Å². The average Bonchev–Trinajstić information content (AvgIpc) is 2.75. The summed E-state index contributed by atoms with van der Waals surface area (Å²) < 4.78 is 0. The number of hydrogen-bond donors (Lipinski definition) is 2. The predicted molar refractivity (Wildman–Crippen MR) is 112 cm³/mol. The Balaban J connectivity index is 1.39. The fraction of sp³-hybridized carbons (Fsp3) is 0.864. The Kier molecular flexibility index (Phi) is 7.77. The van der Waals surface area contributed by atoms with Gasteiger partial charge < -0.3 is 15.5 Å². The molecule has 0 unspecified atom stereocenters. The van der Waals surface area contributed by atoms with E-state index in [1.165, 1.54) is 19.3 Å². The number of rotatable bonds is 5. The number of piperidine rings is 1. The highest BCUT2D eigenvalue weighted by atomic mass is 16.2. The molecule has 29 heavy (non-hydrogen) atoms. The number of carbonyl (C=O) groups excluding carboxylic acids is 2. The Morgan fingerprint density at radius 2 is 1.52 bits per heavy atom. The monoisotopic (exact) mass is 403 g/mol. The second-order valence-electron chi connectivity index (χ2n) is 9.16. The van der Waals surface area contributed by atoms with Crippen molar-refractivity contribution < 1.29 is 9.59 Å². The van der Waals surface area contributed by atoms with Gasteiger partial charge in [-0.25, -0.2) is 4.79 Å². The zero-order chi connectivity index (χ0) is 20.7. The van der Waals surface area contributed by atoms with E-state index in [0.717, 1.165) is 70.9 Å². The van der Waals surface area contributed by atoms with Crippen LogP contribution in [-0.4, -0.2) is 66.0 Å². The van der Waals surface area contributed by atoms with E-state index in [2.05, 4.69) is 21.6 Å². The van der Waals surface area contributed by atoms with Gasteiger partial charge in [-0.3, -0.25) is 9.69 Å². The first-order chi connectivity index (χ1) is 14.0. The van der Waals surface area contributed by atoms with Crippen LogP contribution in [0.5, 0.6) is 0 Å². The molecule has 3 rings (SSSR count). The van der Waals surface area contributed by atoms with Crippen LogP contribution >= 0.6 is 0 Å². The molecule has 1 heterocycles. The molecule has 162 valence electrons. The fourth-order valence-corrected chi connectivity index (χ4v) is 5.09. The molecule has 0 aromatic carbocycles. The van der Waals surface area contributed by atoms with Gasteiger partial charge in [0.05, 0.1) is 12.6 Å². The average molecular weight is 404 g/mol. The SMILES string of the molecule is CN(C(=O)CN1CCC(NC(=O)NC2CCCCC2)CC1)C1(C#N)CCCCC1. The largest absolute Gasteiger partial charge is 0.335 e. The minimum absolute atomic E-state index is 0.0369. The third-order valence-corrected chi connectivity index (χ3v) is 7.13. The van der Waals surface area contributed by atoms with Crippen LogP contribution in [0.4, 0.5) is 4.79 Å². The third kappa shape index (κ3) is 5.85. The maximum atomic E-state index is 12.8. The molecular weight excluding hydrogens is 366 g/mol. The Bertz CT molecular complexity index is 597. The van der Waals surface area contributed by atoms with Gasteiger partial charge in [0.25, 0.3) is 0 Å². The molecule has 0 bridgehead atoms. The Labute approximate surface area is 175 Å². The number of nitrogens with zero attached hydrogens (tertiary/aromatic N) is 3. The van der Waals surface area contributed by atoms with E-state index in [4.69, 9.17) is 0 Å². The molecule has 3 fully saturated rings. The van der Waals surface area contributed by atoms with E-state index in [1.807, 2.05) is 0 Å². The van der Waals surface area contributed by atoms with Gasteiger partial charge in [0, 0.05) is 32.2 Å². The van der Waals surface area contributed by atoms with E-state index < -0.39 is 5.54 Å². The smallest absolute Gasteiger partial charge is 0.315 e. The summed E-state index contributed by atoms with van der Waals surface area (Å²) in [6.45, 7) is 1.96. The summed E-state index contributed by atoms with van der Waals surface area (Å²) in [5, 5.41) is 15.9. The zero-order valence-electron chi connectivity index (χ0n) is 17.9. The van der Waals surface area contributed by atoms with Gasteiger partial charge >= 0.3 is 6.03 Å². The molecule has 0 radical (unpaired) electrons. The summed E-state index contributed by atoms with van der Waals surface area (Å²) in [6, 6.07) is 2.88. The van der Waals surface area contributed by atoms with Crippen molar-refractivity contribution in [2.24, 2.45) is 0 Å². The van der Waals surface area contributed by atoms with Crippen molar-refractivity contribution in [2.75, 3.05) is 26.7 Å². The standard InChI is InChI=1S/C22H37N5O2/c1-26(22(17-23)12-6-3-7-13-22)20(28)16-27-14-10-19(11-15-27)25-21(29)24-18-8-4-2-5-9-18/h18-19H,2-16H2,1H3,(H2,24,25,29). The van der Waals surface area contributed by atoms with Crippen molar-refractivity contribution >= 4 is 11.9 Å². The van der Waals surface area contributed by atoms with Crippen LogP contribution in [0.3, 0.4) is 0 Å². The number of urea groups is 1. The number of amides is 3. The maximum absolute atomic E-state index is 12.8. The van der Waals surface area contributed by atoms with Crippen LogP contribution in [0.1, 0.15) is 77.0 Å². The van der Waals surface area contributed by atoms with E-state index in [0.29, 0.717) is 12.6 Å². The van der Waals surface area contributed by atoms with Crippen LogP contribution < -0.4 is 10.6 Å². The van der Waals surface area contributed by atoms with E-state index in [1.54, 1.807) is 11.9 Å². The predicted octanol–water partition coefficient (Wildman–Crippen LogP) is 2.77. The van der Waals surface area contributed by atoms with Gasteiger partial charge in [0.1, 0.15) is 5.54 Å². The van der Waals surface area contributed by atoms with E-state index in [-0.39, 0.29) is 18.0 Å². The maximum Gasteiger partial charge on any atom is 0.315 e. The molecule has 7 heteroatoms. The molecule has 0 spiro atoms. The topological polar surface area (TPSA) is 88.5 Å². The van der Waals surface area contributed by atoms with Gasteiger partial charge in [-0.15, -0.1) is 0 Å². The van der Waals surface area contributed by atoms with Gasteiger partial charge in [-0.2, -0.15) is 5.26 Å². The van der Waals surface area contributed by atoms with E-state index in [9.17, 15) is 14.9 Å². The van der Waals surface area contributed by atoms with Crippen molar-refractivity contribution in [1.29, 1.82) is 5.26 Å². The summed E-state index contributed by atoms with van der Waals surface area (Å²) in [7, 11) is 1.79. The van der Waals surface area contributed by atoms with Gasteiger partial charge in [-0.05, 0) is 38.5 Å². The summed E-state index contributed by atoms with van der Waals surface area (Å²) in [6.07, 6.45) is 12.4. The lowest BCUT2D eigenvalue weighted by molar-refractivity contribution is -0.136. The number of likely N-dealkylation sites (tertiary alicyclic amines) is 1. The van der Waals surface area contributed by atoms with E-state index >= 15 is 0 Å². The highest BCUT2D eigenvalue weighted by molar-refractivity contribution is 5.79. The second-order valence-corrected chi connectivity index (χ2v) is 9.16. The van der Waals surface area contributed by atoms with Crippen molar-refractivity contribution in [2.45, 2.75) is 94.7 Å². The van der Waals surface area contributed by atoms with Crippen LogP contribution in [0.2, 0.25) is 0 Å². The van der Waals surface area contributed by atoms with Gasteiger partial charge in [0.2, 0.25) is 5.91 Å². The number of carbonyl (C=O) groups is 2. The minimum atomic E-state index is -0.619. The summed E-state index contributed by atoms with van der Waals surface area (Å²) in [5.41, 5.74) is -0.619. The van der Waals surface area contributed by atoms with Crippen molar-refractivity contribution in [1.82, 2.24) is 20.4 Å². The summed E-state index contributed by atoms with van der Waals surface area (Å²) in [5.74, 6) is 0.0369. The minimum Gasteiger partial charge on any atom is -0.335 e. The number of hydrogen-bond acceptors (Lipinski definition) is 4. The summed E-state index contributed by atoms with van der Waals surface area (Å²) in [4.78, 5) is 28.9. The highest BCUT2D eigenvalue weighted by Crippen LogP contribution is 2.32. The first-order valence-electron chi connectivity index (χ1n) is 11.5. The lowest BCUT2D eigenvalue weighted by atomic mass is 9.81. The molecular formula is C22H37N5O2. The molecule has 2 N–H and O–H groups in total. The molecule has 0 aromatic heterocycles. The summed E-state index contributed by atoms with van der Waals surface area (Å²) >= 11 is 0. The third-order valence-electron chi connectivity index (χ3n) is 7.13. The lowest BCUT2D eigenvalue weighted by Crippen LogP contribution is -2.54. The second kappa shape index (κ2) is 10.3.